The summed E-state index contributed by atoms with van der Waals surface area (Å²) >= 11 is 3.29. The minimum Gasteiger partial charge on any atom is -0.480 e. The smallest absolute Gasteiger partial charge is 0.264 e. The maximum absolute atomic E-state index is 12.6. The predicted octanol–water partition coefficient (Wildman–Crippen LogP) is 3.83. The molecule has 0 unspecified atom stereocenters. The minimum absolute atomic E-state index is 0.00289. The average Bonchev–Trinajstić information content (AvgIpc) is 3.32. The van der Waals surface area contributed by atoms with Gasteiger partial charge in [-0.3, -0.25) is 4.79 Å². The summed E-state index contributed by atoms with van der Waals surface area (Å²) in [5.41, 5.74) is 2.01. The Balaban J connectivity index is 1.42. The maximum atomic E-state index is 12.6. The highest BCUT2D eigenvalue weighted by molar-refractivity contribution is 7.20. The van der Waals surface area contributed by atoms with Crippen molar-refractivity contribution in [2.75, 3.05) is 7.05 Å². The van der Waals surface area contributed by atoms with Crippen LogP contribution in [0.25, 0.3) is 9.88 Å². The zero-order valence-electron chi connectivity index (χ0n) is 13.1. The molecule has 0 saturated heterocycles. The number of hydrogen-bond acceptors (Lipinski definition) is 5. The van der Waals surface area contributed by atoms with Crippen molar-refractivity contribution in [1.82, 2.24) is 9.88 Å². The van der Waals surface area contributed by atoms with Gasteiger partial charge in [-0.05, 0) is 23.1 Å². The summed E-state index contributed by atoms with van der Waals surface area (Å²) in [5.74, 6) is 0.815. The van der Waals surface area contributed by atoms with Gasteiger partial charge in [-0.15, -0.1) is 22.7 Å². The number of rotatable bonds is 4. The van der Waals surface area contributed by atoms with E-state index in [1.165, 1.54) is 0 Å². The van der Waals surface area contributed by atoms with Crippen LogP contribution in [0.5, 0.6) is 5.75 Å². The highest BCUT2D eigenvalue weighted by atomic mass is 32.1. The van der Waals surface area contributed by atoms with Crippen LogP contribution in [0.15, 0.2) is 47.2 Å². The minimum atomic E-state index is -0.428. The SMILES string of the molecule is CN(Cc1csc(-c2cccs2)n1)C(=O)[C@@H]1Cc2ccccc2O1. The number of fused-ring (bicyclic) bond motifs is 1. The van der Waals surface area contributed by atoms with Crippen LogP contribution in [-0.2, 0) is 17.8 Å². The van der Waals surface area contributed by atoms with Gasteiger partial charge in [0.25, 0.3) is 5.91 Å². The molecule has 0 N–H and O–H groups in total. The fourth-order valence-electron chi connectivity index (χ4n) is 2.78. The number of nitrogens with zero attached hydrogens (tertiary/aromatic N) is 2. The molecule has 2 aromatic heterocycles. The summed E-state index contributed by atoms with van der Waals surface area (Å²) in [7, 11) is 1.80. The Bertz CT molecular complexity index is 833. The van der Waals surface area contributed by atoms with Crippen LogP contribution in [0.1, 0.15) is 11.3 Å². The number of benzene rings is 1. The number of thiazole rings is 1. The Kier molecular flexibility index (Phi) is 4.08. The number of amides is 1. The third kappa shape index (κ3) is 2.95. The molecule has 1 aromatic carbocycles. The Morgan fingerprint density at radius 2 is 2.17 bits per heavy atom. The third-order valence-electron chi connectivity index (χ3n) is 3.98. The highest BCUT2D eigenvalue weighted by Crippen LogP contribution is 2.30. The van der Waals surface area contributed by atoms with E-state index in [4.69, 9.17) is 4.74 Å². The molecule has 1 aliphatic rings. The van der Waals surface area contributed by atoms with Crippen molar-refractivity contribution < 1.29 is 9.53 Å². The maximum Gasteiger partial charge on any atom is 0.264 e. The average molecular weight is 356 g/mol. The van der Waals surface area contributed by atoms with Crippen molar-refractivity contribution in [3.63, 3.8) is 0 Å². The number of carbonyl (C=O) groups excluding carboxylic acids is 1. The second kappa shape index (κ2) is 6.37. The fourth-order valence-corrected chi connectivity index (χ4v) is 4.40. The van der Waals surface area contributed by atoms with Crippen LogP contribution in [0.4, 0.5) is 0 Å². The molecule has 1 amide bonds. The monoisotopic (exact) mass is 356 g/mol. The molecule has 0 aliphatic carbocycles. The molecule has 0 saturated carbocycles. The summed E-state index contributed by atoms with van der Waals surface area (Å²) in [6.07, 6.45) is 0.208. The number of ether oxygens (including phenoxy) is 1. The van der Waals surface area contributed by atoms with Crippen molar-refractivity contribution in [3.05, 3.63) is 58.4 Å². The molecule has 0 spiro atoms. The molecule has 3 heterocycles. The Morgan fingerprint density at radius 3 is 2.96 bits per heavy atom. The molecule has 4 nitrogen and oxygen atoms in total. The van der Waals surface area contributed by atoms with Gasteiger partial charge in [0.05, 0.1) is 17.1 Å². The molecular formula is C18H16N2O2S2. The molecule has 1 aliphatic heterocycles. The summed E-state index contributed by atoms with van der Waals surface area (Å²) in [6.45, 7) is 0.497. The van der Waals surface area contributed by atoms with Crippen LogP contribution in [0.2, 0.25) is 0 Å². The molecule has 122 valence electrons. The lowest BCUT2D eigenvalue weighted by Gasteiger charge is -2.19. The summed E-state index contributed by atoms with van der Waals surface area (Å²) < 4.78 is 5.78. The second-order valence-electron chi connectivity index (χ2n) is 5.73. The molecular weight excluding hydrogens is 340 g/mol. The zero-order chi connectivity index (χ0) is 16.5. The van der Waals surface area contributed by atoms with Crippen molar-refractivity contribution in [1.29, 1.82) is 0 Å². The molecule has 1 atom stereocenters. The van der Waals surface area contributed by atoms with Crippen molar-refractivity contribution in [3.8, 4) is 15.6 Å². The third-order valence-corrected chi connectivity index (χ3v) is 5.91. The van der Waals surface area contributed by atoms with E-state index in [-0.39, 0.29) is 5.91 Å². The molecule has 0 fully saturated rings. The van der Waals surface area contributed by atoms with Gasteiger partial charge in [0.1, 0.15) is 10.8 Å². The second-order valence-corrected chi connectivity index (χ2v) is 7.54. The molecule has 4 rings (SSSR count). The number of carbonyl (C=O) groups is 1. The standard InChI is InChI=1S/C18H16N2O2S2/c1-20(10-13-11-24-17(19-13)16-7-4-8-23-16)18(21)15-9-12-5-2-3-6-14(12)22-15/h2-8,11,15H,9-10H2,1H3/t15-/m0/s1. The molecule has 6 heteroatoms. The lowest BCUT2D eigenvalue weighted by molar-refractivity contribution is -0.137. The van der Waals surface area contributed by atoms with Gasteiger partial charge in [0.2, 0.25) is 0 Å². The van der Waals surface area contributed by atoms with E-state index in [0.29, 0.717) is 13.0 Å². The molecule has 24 heavy (non-hydrogen) atoms. The quantitative estimate of drug-likeness (QED) is 0.713. The zero-order valence-corrected chi connectivity index (χ0v) is 14.8. The predicted molar refractivity (Wildman–Crippen MR) is 96.5 cm³/mol. The Hall–Kier alpha value is -2.18. The number of hydrogen-bond donors (Lipinski definition) is 0. The van der Waals surface area contributed by atoms with Gasteiger partial charge in [0, 0.05) is 18.8 Å². The molecule has 0 radical (unpaired) electrons. The molecule has 0 bridgehead atoms. The number of thiophene rings is 1. The first-order valence-corrected chi connectivity index (χ1v) is 9.44. The van der Waals surface area contributed by atoms with E-state index in [1.807, 2.05) is 41.1 Å². The lowest BCUT2D eigenvalue weighted by Crippen LogP contribution is -2.38. The van der Waals surface area contributed by atoms with Crippen LogP contribution < -0.4 is 4.74 Å². The van der Waals surface area contributed by atoms with E-state index < -0.39 is 6.10 Å². The van der Waals surface area contributed by atoms with E-state index in [2.05, 4.69) is 11.1 Å². The highest BCUT2D eigenvalue weighted by Gasteiger charge is 2.31. The lowest BCUT2D eigenvalue weighted by atomic mass is 10.1. The number of likely N-dealkylation sites (N-methyl/N-ethyl adjacent to an activating group) is 1. The van der Waals surface area contributed by atoms with E-state index in [0.717, 1.165) is 26.9 Å². The summed E-state index contributed by atoms with van der Waals surface area (Å²) in [4.78, 5) is 20.1. The normalized spacial score (nSPS) is 15.8. The van der Waals surface area contributed by atoms with E-state index >= 15 is 0 Å². The van der Waals surface area contributed by atoms with Gasteiger partial charge in [0.15, 0.2) is 6.10 Å². The van der Waals surface area contributed by atoms with Gasteiger partial charge in [-0.2, -0.15) is 0 Å². The Labute approximate surface area is 148 Å². The summed E-state index contributed by atoms with van der Waals surface area (Å²) in [5, 5.41) is 5.06. The van der Waals surface area contributed by atoms with Crippen LogP contribution >= 0.6 is 22.7 Å². The van der Waals surface area contributed by atoms with E-state index in [9.17, 15) is 4.79 Å². The van der Waals surface area contributed by atoms with Crippen LogP contribution in [-0.4, -0.2) is 28.9 Å². The van der Waals surface area contributed by atoms with Gasteiger partial charge in [-0.25, -0.2) is 4.98 Å². The van der Waals surface area contributed by atoms with Gasteiger partial charge >= 0.3 is 0 Å². The van der Waals surface area contributed by atoms with E-state index in [1.54, 1.807) is 34.6 Å². The van der Waals surface area contributed by atoms with Gasteiger partial charge in [-0.1, -0.05) is 24.3 Å². The number of aromatic nitrogens is 1. The first-order valence-electron chi connectivity index (χ1n) is 7.68. The largest absolute Gasteiger partial charge is 0.480 e. The number of para-hydroxylation sites is 1. The fraction of sp³-hybridized carbons (Fsp3) is 0.222. The van der Waals surface area contributed by atoms with Crippen molar-refractivity contribution in [2.24, 2.45) is 0 Å². The van der Waals surface area contributed by atoms with Gasteiger partial charge < -0.3 is 9.64 Å². The summed E-state index contributed by atoms with van der Waals surface area (Å²) in [6, 6.07) is 11.9. The molecule has 3 aromatic rings. The van der Waals surface area contributed by atoms with Crippen LogP contribution in [0.3, 0.4) is 0 Å². The first-order chi connectivity index (χ1) is 11.7. The van der Waals surface area contributed by atoms with Crippen molar-refractivity contribution >= 4 is 28.6 Å². The first kappa shape index (κ1) is 15.4. The van der Waals surface area contributed by atoms with Crippen LogP contribution in [0, 0.1) is 0 Å². The van der Waals surface area contributed by atoms with Crippen molar-refractivity contribution in [2.45, 2.75) is 19.1 Å². The Morgan fingerprint density at radius 1 is 1.29 bits per heavy atom. The topological polar surface area (TPSA) is 42.4 Å².